The molecule has 0 N–H and O–H groups in total. The third-order valence-electron chi connectivity index (χ3n) is 2.87. The predicted molar refractivity (Wildman–Crippen MR) is 70.1 cm³/mol. The first-order valence-electron chi connectivity index (χ1n) is 6.47. The summed E-state index contributed by atoms with van der Waals surface area (Å²) in [5.41, 5.74) is 1.12. The average molecular weight is 253 g/mol. The van der Waals surface area contributed by atoms with Gasteiger partial charge in [-0.25, -0.2) is 4.98 Å². The van der Waals surface area contributed by atoms with Crippen LogP contribution in [0.3, 0.4) is 0 Å². The van der Waals surface area contributed by atoms with Gasteiger partial charge in [0.25, 0.3) is 0 Å². The maximum absolute atomic E-state index is 11.6. The van der Waals surface area contributed by atoms with Crippen LogP contribution in [0.25, 0.3) is 0 Å². The largest absolute Gasteiger partial charge is 0.465 e. The molecular weight excluding hydrogens is 230 g/mol. The molecular formula is C13H23N3O2. The van der Waals surface area contributed by atoms with E-state index in [1.165, 1.54) is 0 Å². The van der Waals surface area contributed by atoms with Crippen LogP contribution in [0.5, 0.6) is 0 Å². The second kappa shape index (κ2) is 7.16. The lowest BCUT2D eigenvalue weighted by Crippen LogP contribution is -2.36. The highest BCUT2D eigenvalue weighted by molar-refractivity contribution is 5.71. The van der Waals surface area contributed by atoms with E-state index < -0.39 is 0 Å². The topological polar surface area (TPSA) is 47.4 Å². The molecule has 0 aliphatic rings. The van der Waals surface area contributed by atoms with Crippen LogP contribution in [0.2, 0.25) is 0 Å². The lowest BCUT2D eigenvalue weighted by molar-refractivity contribution is -0.145. The van der Waals surface area contributed by atoms with Gasteiger partial charge in [-0.15, -0.1) is 0 Å². The van der Waals surface area contributed by atoms with Crippen molar-refractivity contribution < 1.29 is 9.53 Å². The number of imidazole rings is 1. The van der Waals surface area contributed by atoms with E-state index in [9.17, 15) is 4.79 Å². The fourth-order valence-electron chi connectivity index (χ4n) is 1.77. The van der Waals surface area contributed by atoms with Gasteiger partial charge in [-0.05, 0) is 27.7 Å². The average Bonchev–Trinajstić information content (AvgIpc) is 2.75. The Bertz CT molecular complexity index is 374. The molecule has 0 saturated carbocycles. The van der Waals surface area contributed by atoms with Gasteiger partial charge in [0, 0.05) is 25.3 Å². The molecule has 5 heteroatoms. The van der Waals surface area contributed by atoms with Gasteiger partial charge in [0.2, 0.25) is 0 Å². The van der Waals surface area contributed by atoms with Gasteiger partial charge in [0.05, 0.1) is 25.2 Å². The van der Waals surface area contributed by atoms with Crippen LogP contribution in [0, 0.1) is 0 Å². The molecule has 0 saturated heterocycles. The molecule has 0 atom stereocenters. The molecule has 0 aliphatic carbocycles. The zero-order valence-electron chi connectivity index (χ0n) is 11.7. The van der Waals surface area contributed by atoms with E-state index in [1.807, 2.05) is 19.4 Å². The maximum atomic E-state index is 11.6. The first-order chi connectivity index (χ1) is 8.58. The summed E-state index contributed by atoms with van der Waals surface area (Å²) in [4.78, 5) is 17.8. The quantitative estimate of drug-likeness (QED) is 0.694. The number of rotatable bonds is 7. The van der Waals surface area contributed by atoms with Crippen LogP contribution in [0.4, 0.5) is 0 Å². The fraction of sp³-hybridized carbons (Fsp3) is 0.692. The molecule has 0 fully saturated rings. The highest BCUT2D eigenvalue weighted by Crippen LogP contribution is 2.08. The monoisotopic (exact) mass is 253 g/mol. The van der Waals surface area contributed by atoms with Gasteiger partial charge in [-0.2, -0.15) is 0 Å². The van der Waals surface area contributed by atoms with Crippen LogP contribution >= 0.6 is 0 Å². The number of aromatic nitrogens is 2. The molecule has 1 aromatic rings. The molecule has 1 rings (SSSR count). The summed E-state index contributed by atoms with van der Waals surface area (Å²) >= 11 is 0. The number of aryl methyl sites for hydroxylation is 1. The van der Waals surface area contributed by atoms with Crippen molar-refractivity contribution in [2.75, 3.05) is 13.2 Å². The van der Waals surface area contributed by atoms with E-state index in [0.29, 0.717) is 19.7 Å². The molecule has 102 valence electrons. The van der Waals surface area contributed by atoms with E-state index in [1.54, 1.807) is 0 Å². The van der Waals surface area contributed by atoms with Crippen LogP contribution in [0.1, 0.15) is 33.4 Å². The number of nitrogens with zero attached hydrogens (tertiary/aromatic N) is 3. The van der Waals surface area contributed by atoms with Gasteiger partial charge < -0.3 is 9.30 Å². The van der Waals surface area contributed by atoms with Crippen LogP contribution in [-0.4, -0.2) is 39.6 Å². The minimum absolute atomic E-state index is 0.172. The minimum atomic E-state index is -0.172. The Morgan fingerprint density at radius 2 is 2.22 bits per heavy atom. The minimum Gasteiger partial charge on any atom is -0.465 e. The van der Waals surface area contributed by atoms with E-state index in [0.717, 1.165) is 12.2 Å². The van der Waals surface area contributed by atoms with Gasteiger partial charge in [0.1, 0.15) is 0 Å². The van der Waals surface area contributed by atoms with Crippen molar-refractivity contribution in [1.82, 2.24) is 14.5 Å². The number of carbonyl (C=O) groups is 1. The van der Waals surface area contributed by atoms with Gasteiger partial charge in [0.15, 0.2) is 0 Å². The lowest BCUT2D eigenvalue weighted by atomic mass is 10.3. The lowest BCUT2D eigenvalue weighted by Gasteiger charge is -2.25. The zero-order chi connectivity index (χ0) is 13.5. The van der Waals surface area contributed by atoms with Gasteiger partial charge >= 0.3 is 5.97 Å². The molecule has 5 nitrogen and oxygen atoms in total. The van der Waals surface area contributed by atoms with E-state index >= 15 is 0 Å². The van der Waals surface area contributed by atoms with Gasteiger partial charge in [-0.3, -0.25) is 9.69 Å². The van der Waals surface area contributed by atoms with E-state index in [4.69, 9.17) is 4.74 Å². The number of ether oxygens (including phenoxy) is 1. The van der Waals surface area contributed by atoms with Crippen molar-refractivity contribution in [2.45, 2.75) is 46.8 Å². The summed E-state index contributed by atoms with van der Waals surface area (Å²) in [6.07, 6.45) is 3.67. The third-order valence-corrected chi connectivity index (χ3v) is 2.87. The van der Waals surface area contributed by atoms with Gasteiger partial charge in [-0.1, -0.05) is 0 Å². The Morgan fingerprint density at radius 1 is 1.50 bits per heavy atom. The maximum Gasteiger partial charge on any atom is 0.320 e. The normalized spacial score (nSPS) is 11.2. The second-order valence-electron chi connectivity index (χ2n) is 4.47. The smallest absolute Gasteiger partial charge is 0.320 e. The first kappa shape index (κ1) is 14.7. The summed E-state index contributed by atoms with van der Waals surface area (Å²) < 4.78 is 7.08. The number of carbonyl (C=O) groups excluding carboxylic acids is 1. The van der Waals surface area contributed by atoms with Crippen LogP contribution in [-0.2, 0) is 22.6 Å². The van der Waals surface area contributed by atoms with Crippen molar-refractivity contribution in [3.05, 3.63) is 18.2 Å². The zero-order valence-corrected chi connectivity index (χ0v) is 11.7. The molecule has 0 radical (unpaired) electrons. The predicted octanol–water partition coefficient (Wildman–Crippen LogP) is 1.68. The molecule has 0 unspecified atom stereocenters. The summed E-state index contributed by atoms with van der Waals surface area (Å²) in [5.74, 6) is -0.172. The Hall–Kier alpha value is -1.36. The van der Waals surface area contributed by atoms with Crippen LogP contribution < -0.4 is 0 Å². The van der Waals surface area contributed by atoms with Crippen molar-refractivity contribution in [2.24, 2.45) is 0 Å². The molecule has 0 spiro atoms. The third kappa shape index (κ3) is 4.14. The highest BCUT2D eigenvalue weighted by atomic mass is 16.5. The first-order valence-corrected chi connectivity index (χ1v) is 6.47. The fourth-order valence-corrected chi connectivity index (χ4v) is 1.77. The summed E-state index contributed by atoms with van der Waals surface area (Å²) in [6.45, 7) is 10.4. The summed E-state index contributed by atoms with van der Waals surface area (Å²) in [5, 5.41) is 0. The molecule has 0 bridgehead atoms. The molecule has 1 aromatic heterocycles. The molecule has 0 aliphatic heterocycles. The highest BCUT2D eigenvalue weighted by Gasteiger charge is 2.16. The number of hydrogen-bond donors (Lipinski definition) is 0. The molecule has 18 heavy (non-hydrogen) atoms. The molecule has 0 aromatic carbocycles. The molecule has 1 heterocycles. The Balaban J connectivity index is 2.66. The van der Waals surface area contributed by atoms with E-state index in [2.05, 4.69) is 35.2 Å². The standard InChI is InChI=1S/C13H23N3O2/c1-5-15-10-14-7-12(15)8-16(11(3)4)9-13(17)18-6-2/h7,10-11H,5-6,8-9H2,1-4H3. The summed E-state index contributed by atoms with van der Waals surface area (Å²) in [7, 11) is 0. The van der Waals surface area contributed by atoms with Crippen molar-refractivity contribution >= 4 is 5.97 Å². The van der Waals surface area contributed by atoms with Crippen molar-refractivity contribution in [3.8, 4) is 0 Å². The Kier molecular flexibility index (Phi) is 5.85. The second-order valence-corrected chi connectivity index (χ2v) is 4.47. The van der Waals surface area contributed by atoms with Crippen molar-refractivity contribution in [3.63, 3.8) is 0 Å². The SMILES string of the molecule is CCOC(=O)CN(Cc1cncn1CC)C(C)C. The molecule has 0 amide bonds. The summed E-state index contributed by atoms with van der Waals surface area (Å²) in [6, 6.07) is 0.287. The number of esters is 1. The Morgan fingerprint density at radius 3 is 2.78 bits per heavy atom. The van der Waals surface area contributed by atoms with Crippen LogP contribution in [0.15, 0.2) is 12.5 Å². The number of hydrogen-bond acceptors (Lipinski definition) is 4. The van der Waals surface area contributed by atoms with E-state index in [-0.39, 0.29) is 12.0 Å². The Labute approximate surface area is 109 Å². The van der Waals surface area contributed by atoms with Crippen molar-refractivity contribution in [1.29, 1.82) is 0 Å².